The number of carbonyl (C=O) groups is 3. The molecule has 3 amide bonds. The van der Waals surface area contributed by atoms with Crippen LogP contribution >= 0.6 is 0 Å². The molecular formula is C15H21N5O3. The molecule has 2 rings (SSSR count). The van der Waals surface area contributed by atoms with E-state index in [1.807, 2.05) is 13.8 Å². The molecule has 1 aliphatic heterocycles. The van der Waals surface area contributed by atoms with Gasteiger partial charge in [-0.3, -0.25) is 19.4 Å². The van der Waals surface area contributed by atoms with E-state index in [0.717, 1.165) is 5.69 Å². The minimum absolute atomic E-state index is 0.0172. The van der Waals surface area contributed by atoms with Crippen LogP contribution in [0.1, 0.15) is 30.0 Å². The Hall–Kier alpha value is -2.51. The van der Waals surface area contributed by atoms with E-state index in [9.17, 15) is 14.4 Å². The smallest absolute Gasteiger partial charge is 0.274 e. The summed E-state index contributed by atoms with van der Waals surface area (Å²) in [6.45, 7) is 6.17. The second kappa shape index (κ2) is 7.17. The van der Waals surface area contributed by atoms with Crippen molar-refractivity contribution in [1.29, 1.82) is 0 Å². The third-order valence-electron chi connectivity index (χ3n) is 3.39. The maximum absolute atomic E-state index is 12.3. The number of amides is 3. The van der Waals surface area contributed by atoms with Gasteiger partial charge in [-0.05, 0) is 20.8 Å². The summed E-state index contributed by atoms with van der Waals surface area (Å²) in [6, 6.07) is 0.0283. The van der Waals surface area contributed by atoms with E-state index in [-0.39, 0.29) is 42.5 Å². The summed E-state index contributed by atoms with van der Waals surface area (Å²) in [5.41, 5.74) is 0.938. The first-order valence-electron chi connectivity index (χ1n) is 7.52. The molecule has 2 heterocycles. The molecule has 0 spiro atoms. The van der Waals surface area contributed by atoms with Crippen molar-refractivity contribution in [3.63, 3.8) is 0 Å². The van der Waals surface area contributed by atoms with Crippen LogP contribution in [0.4, 0.5) is 0 Å². The maximum atomic E-state index is 12.3. The Balaban J connectivity index is 1.93. The van der Waals surface area contributed by atoms with Crippen LogP contribution in [0, 0.1) is 6.92 Å². The van der Waals surface area contributed by atoms with E-state index in [4.69, 9.17) is 0 Å². The zero-order valence-electron chi connectivity index (χ0n) is 13.6. The molecular weight excluding hydrogens is 298 g/mol. The van der Waals surface area contributed by atoms with Crippen LogP contribution in [0.3, 0.4) is 0 Å². The van der Waals surface area contributed by atoms with E-state index in [1.165, 1.54) is 22.2 Å². The minimum Gasteiger partial charge on any atom is -0.352 e. The first-order valence-corrected chi connectivity index (χ1v) is 7.52. The maximum Gasteiger partial charge on any atom is 0.274 e. The molecule has 1 saturated heterocycles. The molecule has 23 heavy (non-hydrogen) atoms. The summed E-state index contributed by atoms with van der Waals surface area (Å²) in [6.07, 6.45) is 2.92. The molecule has 0 aliphatic carbocycles. The molecule has 0 bridgehead atoms. The Morgan fingerprint density at radius 3 is 2.57 bits per heavy atom. The lowest BCUT2D eigenvalue weighted by Gasteiger charge is -2.33. The van der Waals surface area contributed by atoms with E-state index in [1.54, 1.807) is 6.92 Å². The van der Waals surface area contributed by atoms with Crippen LogP contribution in [0.15, 0.2) is 12.4 Å². The summed E-state index contributed by atoms with van der Waals surface area (Å²) >= 11 is 0. The molecule has 0 saturated carbocycles. The Kier molecular flexibility index (Phi) is 5.25. The average molecular weight is 319 g/mol. The van der Waals surface area contributed by atoms with Gasteiger partial charge in [-0.15, -0.1) is 0 Å². The summed E-state index contributed by atoms with van der Waals surface area (Å²) in [5, 5.41) is 2.74. The van der Waals surface area contributed by atoms with Crippen LogP contribution in [0.2, 0.25) is 0 Å². The number of piperazine rings is 1. The Bertz CT molecular complexity index is 600. The highest BCUT2D eigenvalue weighted by Gasteiger charge is 2.29. The fraction of sp³-hybridized carbons (Fsp3) is 0.533. The van der Waals surface area contributed by atoms with Gasteiger partial charge in [0.15, 0.2) is 0 Å². The molecule has 0 radical (unpaired) electrons. The number of hydrogen-bond donors (Lipinski definition) is 1. The number of nitrogens with zero attached hydrogens (tertiary/aromatic N) is 4. The third kappa shape index (κ3) is 4.48. The highest BCUT2D eigenvalue weighted by molar-refractivity contribution is 5.96. The van der Waals surface area contributed by atoms with Gasteiger partial charge < -0.3 is 15.1 Å². The molecule has 1 aromatic heterocycles. The van der Waals surface area contributed by atoms with Gasteiger partial charge in [0.1, 0.15) is 12.2 Å². The van der Waals surface area contributed by atoms with Crippen LogP contribution in [0.25, 0.3) is 0 Å². The fourth-order valence-electron chi connectivity index (χ4n) is 2.26. The largest absolute Gasteiger partial charge is 0.352 e. The fourth-order valence-corrected chi connectivity index (χ4v) is 2.26. The molecule has 1 aliphatic rings. The average Bonchev–Trinajstić information content (AvgIpc) is 2.48. The van der Waals surface area contributed by atoms with E-state index in [2.05, 4.69) is 15.3 Å². The van der Waals surface area contributed by atoms with Crippen molar-refractivity contribution in [2.75, 3.05) is 26.2 Å². The molecule has 1 N–H and O–H groups in total. The first kappa shape index (κ1) is 16.9. The quantitative estimate of drug-likeness (QED) is 0.814. The molecule has 0 unspecified atom stereocenters. The SMILES string of the molecule is Cc1cnc(C(=O)N2CCN(CC(=O)NC(C)C)C(=O)C2)cn1. The van der Waals surface area contributed by atoms with Crippen LogP contribution < -0.4 is 5.32 Å². The van der Waals surface area contributed by atoms with Gasteiger partial charge in [0, 0.05) is 25.3 Å². The zero-order valence-corrected chi connectivity index (χ0v) is 13.6. The van der Waals surface area contributed by atoms with Gasteiger partial charge in [0.2, 0.25) is 11.8 Å². The second-order valence-electron chi connectivity index (χ2n) is 5.81. The van der Waals surface area contributed by atoms with Crippen molar-refractivity contribution in [3.05, 3.63) is 23.8 Å². The van der Waals surface area contributed by atoms with Crippen LogP contribution in [-0.4, -0.2) is 69.7 Å². The summed E-state index contributed by atoms with van der Waals surface area (Å²) < 4.78 is 0. The number of nitrogens with one attached hydrogen (secondary N) is 1. The predicted octanol–water partition coefficient (Wildman–Crippen LogP) is -0.406. The third-order valence-corrected chi connectivity index (χ3v) is 3.39. The topological polar surface area (TPSA) is 95.5 Å². The first-order chi connectivity index (χ1) is 10.9. The molecule has 1 fully saturated rings. The Labute approximate surface area is 134 Å². The van der Waals surface area contributed by atoms with Gasteiger partial charge >= 0.3 is 0 Å². The highest BCUT2D eigenvalue weighted by atomic mass is 16.2. The predicted molar refractivity (Wildman–Crippen MR) is 82.5 cm³/mol. The molecule has 8 nitrogen and oxygen atoms in total. The standard InChI is InChI=1S/C15H21N5O3/c1-10(2)18-13(21)8-19-4-5-20(9-14(19)22)15(23)12-7-16-11(3)6-17-12/h6-7,10H,4-5,8-9H2,1-3H3,(H,18,21). The number of aryl methyl sites for hydroxylation is 1. The number of hydrogen-bond acceptors (Lipinski definition) is 5. The molecule has 8 heteroatoms. The zero-order chi connectivity index (χ0) is 17.0. The summed E-state index contributed by atoms with van der Waals surface area (Å²) in [4.78, 5) is 47.1. The normalized spacial score (nSPS) is 15.0. The molecule has 0 aromatic carbocycles. The van der Waals surface area contributed by atoms with Crippen molar-refractivity contribution in [2.24, 2.45) is 0 Å². The van der Waals surface area contributed by atoms with Crippen molar-refractivity contribution in [3.8, 4) is 0 Å². The van der Waals surface area contributed by atoms with E-state index in [0.29, 0.717) is 13.1 Å². The molecule has 0 atom stereocenters. The minimum atomic E-state index is -0.322. The van der Waals surface area contributed by atoms with Gasteiger partial charge in [0.25, 0.3) is 5.91 Å². The highest BCUT2D eigenvalue weighted by Crippen LogP contribution is 2.08. The lowest BCUT2D eigenvalue weighted by molar-refractivity contribution is -0.139. The van der Waals surface area contributed by atoms with Gasteiger partial charge in [-0.25, -0.2) is 4.98 Å². The van der Waals surface area contributed by atoms with E-state index >= 15 is 0 Å². The van der Waals surface area contributed by atoms with Crippen LogP contribution in [0.5, 0.6) is 0 Å². The van der Waals surface area contributed by atoms with Crippen molar-refractivity contribution in [1.82, 2.24) is 25.1 Å². The Morgan fingerprint density at radius 2 is 2.00 bits per heavy atom. The van der Waals surface area contributed by atoms with Crippen molar-refractivity contribution >= 4 is 17.7 Å². The molecule has 1 aromatic rings. The summed E-state index contributed by atoms with van der Waals surface area (Å²) in [7, 11) is 0. The monoisotopic (exact) mass is 319 g/mol. The second-order valence-corrected chi connectivity index (χ2v) is 5.81. The Morgan fingerprint density at radius 1 is 1.26 bits per heavy atom. The van der Waals surface area contributed by atoms with Gasteiger partial charge in [-0.2, -0.15) is 0 Å². The van der Waals surface area contributed by atoms with Crippen molar-refractivity contribution in [2.45, 2.75) is 26.8 Å². The number of carbonyl (C=O) groups excluding carboxylic acids is 3. The lowest BCUT2D eigenvalue weighted by Crippen LogP contribution is -2.54. The summed E-state index contributed by atoms with van der Waals surface area (Å²) in [5.74, 6) is -0.766. The lowest BCUT2D eigenvalue weighted by atomic mass is 10.2. The van der Waals surface area contributed by atoms with Gasteiger partial charge in [0.05, 0.1) is 18.4 Å². The number of aromatic nitrogens is 2. The number of rotatable bonds is 4. The van der Waals surface area contributed by atoms with Crippen LogP contribution in [-0.2, 0) is 9.59 Å². The van der Waals surface area contributed by atoms with Gasteiger partial charge in [-0.1, -0.05) is 0 Å². The molecule has 124 valence electrons. The van der Waals surface area contributed by atoms with E-state index < -0.39 is 0 Å². The van der Waals surface area contributed by atoms with Crippen molar-refractivity contribution < 1.29 is 14.4 Å².